The zero-order valence-electron chi connectivity index (χ0n) is 16.4. The van der Waals surface area contributed by atoms with Crippen molar-refractivity contribution >= 4 is 11.8 Å². The van der Waals surface area contributed by atoms with Gasteiger partial charge in [0.1, 0.15) is 5.54 Å². The smallest absolute Gasteiger partial charge is 0.255 e. The van der Waals surface area contributed by atoms with Gasteiger partial charge < -0.3 is 10.2 Å². The quantitative estimate of drug-likeness (QED) is 0.869. The molecule has 4 nitrogen and oxygen atoms in total. The molecule has 1 atom stereocenters. The summed E-state index contributed by atoms with van der Waals surface area (Å²) < 4.78 is 0. The number of carbonyl (C=O) groups excluding carboxylic acids is 2. The van der Waals surface area contributed by atoms with E-state index in [-0.39, 0.29) is 17.9 Å². The van der Waals surface area contributed by atoms with Crippen LogP contribution in [0.2, 0.25) is 0 Å². The van der Waals surface area contributed by atoms with Crippen LogP contribution in [-0.4, -0.2) is 34.8 Å². The van der Waals surface area contributed by atoms with Crippen molar-refractivity contribution in [3.05, 3.63) is 35.4 Å². The van der Waals surface area contributed by atoms with E-state index in [9.17, 15) is 9.59 Å². The van der Waals surface area contributed by atoms with E-state index in [0.29, 0.717) is 18.9 Å². The number of nitrogens with one attached hydrogen (secondary N) is 1. The van der Waals surface area contributed by atoms with Gasteiger partial charge in [0.15, 0.2) is 0 Å². The normalized spacial score (nSPS) is 23.8. The van der Waals surface area contributed by atoms with Gasteiger partial charge in [0.25, 0.3) is 5.91 Å². The summed E-state index contributed by atoms with van der Waals surface area (Å²) in [5.41, 5.74) is 0.927. The van der Waals surface area contributed by atoms with Crippen molar-refractivity contribution in [3.63, 3.8) is 0 Å². The Morgan fingerprint density at radius 2 is 1.92 bits per heavy atom. The fraction of sp³-hybridized carbons (Fsp3) is 0.636. The van der Waals surface area contributed by atoms with Crippen LogP contribution in [0.1, 0.15) is 75.2 Å². The van der Waals surface area contributed by atoms with Crippen LogP contribution in [0.25, 0.3) is 0 Å². The third kappa shape index (κ3) is 3.79. The highest BCUT2D eigenvalue weighted by molar-refractivity contribution is 6.02. The summed E-state index contributed by atoms with van der Waals surface area (Å²) in [6.45, 7) is 6.88. The van der Waals surface area contributed by atoms with Crippen LogP contribution in [0, 0.1) is 5.92 Å². The molecule has 0 radical (unpaired) electrons. The van der Waals surface area contributed by atoms with E-state index in [1.807, 2.05) is 36.1 Å². The minimum Gasteiger partial charge on any atom is -0.351 e. The van der Waals surface area contributed by atoms with Crippen LogP contribution in [0.4, 0.5) is 0 Å². The molecule has 1 unspecified atom stereocenters. The highest BCUT2D eigenvalue weighted by Crippen LogP contribution is 2.32. The van der Waals surface area contributed by atoms with Crippen molar-refractivity contribution in [2.24, 2.45) is 5.92 Å². The average molecular weight is 357 g/mol. The van der Waals surface area contributed by atoms with Gasteiger partial charge >= 0.3 is 0 Å². The summed E-state index contributed by atoms with van der Waals surface area (Å²) in [6.07, 6.45) is 7.22. The Kier molecular flexibility index (Phi) is 5.69. The average Bonchev–Trinajstić information content (AvgIpc) is 2.62. The van der Waals surface area contributed by atoms with Gasteiger partial charge in [-0.25, -0.2) is 0 Å². The molecule has 1 aromatic rings. The van der Waals surface area contributed by atoms with Crippen molar-refractivity contribution in [1.82, 2.24) is 10.2 Å². The maximum absolute atomic E-state index is 13.3. The van der Waals surface area contributed by atoms with Gasteiger partial charge in [0.2, 0.25) is 5.91 Å². The highest BCUT2D eigenvalue weighted by atomic mass is 16.2. The first kappa shape index (κ1) is 18.9. The molecule has 0 bridgehead atoms. The Morgan fingerprint density at radius 3 is 2.62 bits per heavy atom. The molecule has 1 fully saturated rings. The minimum atomic E-state index is -0.808. The zero-order valence-corrected chi connectivity index (χ0v) is 16.4. The molecule has 0 aromatic heterocycles. The fourth-order valence-electron chi connectivity index (χ4n) is 4.25. The lowest BCUT2D eigenvalue weighted by atomic mass is 9.82. The molecule has 1 heterocycles. The SMILES string of the molecule is CC(C)CCN1C(=O)c2ccccc2CC1(C)C(=O)NC1CCCCC1. The van der Waals surface area contributed by atoms with Crippen molar-refractivity contribution in [3.8, 4) is 0 Å². The molecule has 1 aromatic carbocycles. The van der Waals surface area contributed by atoms with E-state index in [4.69, 9.17) is 0 Å². The lowest BCUT2D eigenvalue weighted by molar-refractivity contribution is -0.132. The van der Waals surface area contributed by atoms with Gasteiger partial charge in [-0.15, -0.1) is 0 Å². The number of rotatable bonds is 5. The van der Waals surface area contributed by atoms with Crippen LogP contribution < -0.4 is 5.32 Å². The first-order valence-corrected chi connectivity index (χ1v) is 10.1. The predicted molar refractivity (Wildman–Crippen MR) is 104 cm³/mol. The Labute approximate surface area is 157 Å². The van der Waals surface area contributed by atoms with Gasteiger partial charge in [-0.3, -0.25) is 9.59 Å². The summed E-state index contributed by atoms with van der Waals surface area (Å²) in [7, 11) is 0. The summed E-state index contributed by atoms with van der Waals surface area (Å²) in [5, 5.41) is 3.27. The highest BCUT2D eigenvalue weighted by Gasteiger charge is 2.46. The molecule has 2 amide bonds. The van der Waals surface area contributed by atoms with Gasteiger partial charge in [-0.05, 0) is 43.7 Å². The summed E-state index contributed by atoms with van der Waals surface area (Å²) in [6, 6.07) is 7.99. The zero-order chi connectivity index (χ0) is 18.7. The molecule has 1 saturated carbocycles. The molecule has 2 aliphatic rings. The number of carbonyl (C=O) groups is 2. The maximum Gasteiger partial charge on any atom is 0.255 e. The van der Waals surface area contributed by atoms with Gasteiger partial charge in [-0.1, -0.05) is 51.3 Å². The van der Waals surface area contributed by atoms with E-state index in [1.54, 1.807) is 0 Å². The van der Waals surface area contributed by atoms with Crippen LogP contribution >= 0.6 is 0 Å². The molecule has 1 aliphatic heterocycles. The fourth-order valence-corrected chi connectivity index (χ4v) is 4.25. The number of nitrogens with zero attached hydrogens (tertiary/aromatic N) is 1. The largest absolute Gasteiger partial charge is 0.351 e. The van der Waals surface area contributed by atoms with E-state index in [0.717, 1.165) is 30.4 Å². The van der Waals surface area contributed by atoms with E-state index in [1.165, 1.54) is 19.3 Å². The predicted octanol–water partition coefficient (Wildman–Crippen LogP) is 3.94. The molecular formula is C22H32N2O2. The first-order chi connectivity index (χ1) is 12.4. The molecule has 1 N–H and O–H groups in total. The van der Waals surface area contributed by atoms with Crippen molar-refractivity contribution in [1.29, 1.82) is 0 Å². The molecule has 3 rings (SSSR count). The standard InChI is InChI=1S/C22H32N2O2/c1-16(2)13-14-24-20(25)19-12-8-7-9-17(19)15-22(24,3)21(26)23-18-10-5-4-6-11-18/h7-9,12,16,18H,4-6,10-11,13-15H2,1-3H3,(H,23,26). The topological polar surface area (TPSA) is 49.4 Å². The van der Waals surface area contributed by atoms with Crippen LogP contribution in [0.5, 0.6) is 0 Å². The first-order valence-electron chi connectivity index (χ1n) is 10.1. The second-order valence-electron chi connectivity index (χ2n) is 8.56. The van der Waals surface area contributed by atoms with Crippen LogP contribution in [0.3, 0.4) is 0 Å². The Bertz CT molecular complexity index is 664. The summed E-state index contributed by atoms with van der Waals surface area (Å²) >= 11 is 0. The number of fused-ring (bicyclic) bond motifs is 1. The summed E-state index contributed by atoms with van der Waals surface area (Å²) in [4.78, 5) is 28.3. The number of amides is 2. The third-order valence-electron chi connectivity index (χ3n) is 5.98. The third-order valence-corrected chi connectivity index (χ3v) is 5.98. The molecule has 0 spiro atoms. The second-order valence-corrected chi connectivity index (χ2v) is 8.56. The Morgan fingerprint density at radius 1 is 1.23 bits per heavy atom. The monoisotopic (exact) mass is 356 g/mol. The molecule has 4 heteroatoms. The molecule has 1 aliphatic carbocycles. The van der Waals surface area contributed by atoms with Gasteiger partial charge in [0, 0.05) is 24.6 Å². The lowest BCUT2D eigenvalue weighted by Gasteiger charge is -2.45. The van der Waals surface area contributed by atoms with E-state index >= 15 is 0 Å². The number of benzene rings is 1. The Hall–Kier alpha value is -1.84. The Balaban J connectivity index is 1.86. The molecule has 0 saturated heterocycles. The number of hydrogen-bond donors (Lipinski definition) is 1. The number of hydrogen-bond acceptors (Lipinski definition) is 2. The van der Waals surface area contributed by atoms with E-state index in [2.05, 4.69) is 19.2 Å². The minimum absolute atomic E-state index is 0.00575. The molecular weight excluding hydrogens is 324 g/mol. The molecule has 26 heavy (non-hydrogen) atoms. The van der Waals surface area contributed by atoms with Gasteiger partial charge in [0.05, 0.1) is 0 Å². The van der Waals surface area contributed by atoms with Crippen LogP contribution in [-0.2, 0) is 11.2 Å². The van der Waals surface area contributed by atoms with Crippen molar-refractivity contribution in [2.45, 2.75) is 77.3 Å². The van der Waals surface area contributed by atoms with Crippen LogP contribution in [0.15, 0.2) is 24.3 Å². The van der Waals surface area contributed by atoms with Gasteiger partial charge in [-0.2, -0.15) is 0 Å². The maximum atomic E-state index is 13.3. The lowest BCUT2D eigenvalue weighted by Crippen LogP contribution is -2.64. The van der Waals surface area contributed by atoms with Crippen molar-refractivity contribution in [2.75, 3.05) is 6.54 Å². The summed E-state index contributed by atoms with van der Waals surface area (Å²) in [5.74, 6) is 0.496. The second kappa shape index (κ2) is 7.81. The molecule has 142 valence electrons. The van der Waals surface area contributed by atoms with E-state index < -0.39 is 5.54 Å². The van der Waals surface area contributed by atoms with Crippen molar-refractivity contribution < 1.29 is 9.59 Å².